The van der Waals surface area contributed by atoms with Gasteiger partial charge in [-0.25, -0.2) is 8.78 Å². The number of methoxy groups -OCH3 is 1. The van der Waals surface area contributed by atoms with Crippen LogP contribution < -0.4 is 9.47 Å². The van der Waals surface area contributed by atoms with E-state index in [-0.39, 0.29) is 41.8 Å². The average Bonchev–Trinajstić information content (AvgIpc) is 3.76. The van der Waals surface area contributed by atoms with Crippen molar-refractivity contribution >= 4 is 5.97 Å². The van der Waals surface area contributed by atoms with Gasteiger partial charge in [0.2, 0.25) is 0 Å². The Hall–Kier alpha value is -3.41. The fraction of sp³-hybridized carbons (Fsp3) is 0.457. The van der Waals surface area contributed by atoms with E-state index in [9.17, 15) is 9.90 Å². The number of ether oxygens (including phenoxy) is 2. The molecule has 218 valence electrons. The second kappa shape index (κ2) is 12.2. The van der Waals surface area contributed by atoms with E-state index < -0.39 is 11.8 Å². The summed E-state index contributed by atoms with van der Waals surface area (Å²) in [7, 11) is 1.58. The molecule has 41 heavy (non-hydrogen) atoms. The fourth-order valence-corrected chi connectivity index (χ4v) is 6.55. The van der Waals surface area contributed by atoms with Gasteiger partial charge >= 0.3 is 5.97 Å². The standard InChI is InChI=1S/C35H40F2O4/c1-35(2)16-5-4-8-30(35)28-18-23(12-14-27(28)29-20-25(40-3)13-15-31(29)36)21-41-32-9-6-7-26(34(32)37)24(19-33(38)39)17-22-10-11-22/h6-7,9,12-15,18,20,22,24,30H,4-5,8,10-11,16-17,19,21H2,1-3H3,(H,38,39)/t24-,30+/m1/s1. The van der Waals surface area contributed by atoms with Gasteiger partial charge < -0.3 is 14.6 Å². The Balaban J connectivity index is 1.45. The first-order chi connectivity index (χ1) is 19.7. The monoisotopic (exact) mass is 562 g/mol. The third-order valence-electron chi connectivity index (χ3n) is 9.03. The highest BCUT2D eigenvalue weighted by Gasteiger charge is 2.35. The summed E-state index contributed by atoms with van der Waals surface area (Å²) in [5, 5.41) is 9.43. The summed E-state index contributed by atoms with van der Waals surface area (Å²) in [6, 6.07) is 15.8. The van der Waals surface area contributed by atoms with Crippen LogP contribution in [-0.4, -0.2) is 18.2 Å². The number of rotatable bonds is 11. The number of hydrogen-bond donors (Lipinski definition) is 1. The van der Waals surface area contributed by atoms with Crippen molar-refractivity contribution in [2.24, 2.45) is 11.3 Å². The maximum atomic E-state index is 15.6. The topological polar surface area (TPSA) is 55.8 Å². The molecule has 3 aromatic rings. The predicted octanol–water partition coefficient (Wildman–Crippen LogP) is 9.26. The minimum absolute atomic E-state index is 0.0446. The van der Waals surface area contributed by atoms with Crippen LogP contribution in [0.1, 0.15) is 93.7 Å². The molecular weight excluding hydrogens is 522 g/mol. The summed E-state index contributed by atoms with van der Waals surface area (Å²) in [6.07, 6.45) is 7.12. The maximum Gasteiger partial charge on any atom is 0.303 e. The molecule has 1 N–H and O–H groups in total. The van der Waals surface area contributed by atoms with Gasteiger partial charge in [-0.2, -0.15) is 0 Å². The lowest BCUT2D eigenvalue weighted by atomic mass is 9.65. The number of aliphatic carboxylic acids is 1. The summed E-state index contributed by atoms with van der Waals surface area (Å²) < 4.78 is 42.2. The molecule has 2 atom stereocenters. The molecule has 0 radical (unpaired) electrons. The van der Waals surface area contributed by atoms with Crippen LogP contribution in [0.25, 0.3) is 11.1 Å². The lowest BCUT2D eigenvalue weighted by molar-refractivity contribution is -0.137. The first-order valence-electron chi connectivity index (χ1n) is 14.8. The zero-order valence-electron chi connectivity index (χ0n) is 24.2. The highest BCUT2D eigenvalue weighted by atomic mass is 19.1. The van der Waals surface area contributed by atoms with Crippen molar-refractivity contribution < 1.29 is 28.2 Å². The first kappa shape index (κ1) is 29.1. The van der Waals surface area contributed by atoms with Crippen LogP contribution in [0.3, 0.4) is 0 Å². The molecule has 2 aliphatic rings. The van der Waals surface area contributed by atoms with Crippen molar-refractivity contribution in [1.82, 2.24) is 0 Å². The molecule has 3 aromatic carbocycles. The molecule has 2 fully saturated rings. The van der Waals surface area contributed by atoms with Gasteiger partial charge in [-0.15, -0.1) is 0 Å². The van der Waals surface area contributed by atoms with Gasteiger partial charge in [0.1, 0.15) is 18.2 Å². The number of benzene rings is 3. The van der Waals surface area contributed by atoms with E-state index in [1.54, 1.807) is 37.4 Å². The highest BCUT2D eigenvalue weighted by molar-refractivity contribution is 5.71. The van der Waals surface area contributed by atoms with Crippen molar-refractivity contribution in [1.29, 1.82) is 0 Å². The van der Waals surface area contributed by atoms with Crippen LogP contribution in [0.2, 0.25) is 0 Å². The zero-order chi connectivity index (χ0) is 29.1. The van der Waals surface area contributed by atoms with Crippen molar-refractivity contribution in [2.75, 3.05) is 7.11 Å². The van der Waals surface area contributed by atoms with Gasteiger partial charge in [-0.1, -0.05) is 69.9 Å². The molecule has 0 aliphatic heterocycles. The third kappa shape index (κ3) is 6.74. The molecule has 0 spiro atoms. The quantitative estimate of drug-likeness (QED) is 0.253. The molecule has 0 amide bonds. The van der Waals surface area contributed by atoms with Crippen LogP contribution in [-0.2, 0) is 11.4 Å². The van der Waals surface area contributed by atoms with Crippen LogP contribution in [0.15, 0.2) is 54.6 Å². The summed E-state index contributed by atoms with van der Waals surface area (Å²) in [6.45, 7) is 4.71. The number of carbonyl (C=O) groups is 1. The van der Waals surface area contributed by atoms with E-state index in [0.29, 0.717) is 29.2 Å². The summed E-state index contributed by atoms with van der Waals surface area (Å²) >= 11 is 0. The lowest BCUT2D eigenvalue weighted by Gasteiger charge is -2.40. The Kier molecular flexibility index (Phi) is 8.67. The minimum Gasteiger partial charge on any atom is -0.497 e. The SMILES string of the molecule is COc1ccc(F)c(-c2ccc(COc3cccc([C@@H](CC(=O)O)CC4CC4)c3F)cc2[C@@H]2CCCCC2(C)C)c1. The smallest absolute Gasteiger partial charge is 0.303 e. The molecule has 0 saturated heterocycles. The number of carboxylic acid groups (broad SMARTS) is 1. The predicted molar refractivity (Wildman–Crippen MR) is 156 cm³/mol. The Morgan fingerprint density at radius 1 is 1.02 bits per heavy atom. The van der Waals surface area contributed by atoms with Crippen LogP contribution in [0.4, 0.5) is 8.78 Å². The van der Waals surface area contributed by atoms with Gasteiger partial charge in [0, 0.05) is 5.56 Å². The first-order valence-corrected chi connectivity index (χ1v) is 14.8. The molecule has 0 heterocycles. The second-order valence-electron chi connectivity index (χ2n) is 12.5. The van der Waals surface area contributed by atoms with Crippen molar-refractivity contribution in [2.45, 2.75) is 83.7 Å². The largest absolute Gasteiger partial charge is 0.497 e. The van der Waals surface area contributed by atoms with Gasteiger partial charge in [0.25, 0.3) is 0 Å². The molecule has 2 saturated carbocycles. The van der Waals surface area contributed by atoms with E-state index in [1.165, 1.54) is 12.5 Å². The van der Waals surface area contributed by atoms with Crippen LogP contribution in [0, 0.1) is 23.0 Å². The molecule has 6 heteroatoms. The fourth-order valence-electron chi connectivity index (χ4n) is 6.55. The summed E-state index contributed by atoms with van der Waals surface area (Å²) in [4.78, 5) is 11.5. The van der Waals surface area contributed by atoms with E-state index in [4.69, 9.17) is 9.47 Å². The van der Waals surface area contributed by atoms with E-state index >= 15 is 8.78 Å². The second-order valence-corrected chi connectivity index (χ2v) is 12.5. The number of hydrogen-bond acceptors (Lipinski definition) is 3. The molecular formula is C35H40F2O4. The molecule has 0 unspecified atom stereocenters. The Morgan fingerprint density at radius 3 is 2.54 bits per heavy atom. The third-order valence-corrected chi connectivity index (χ3v) is 9.03. The van der Waals surface area contributed by atoms with Crippen molar-refractivity contribution in [3.05, 3.63) is 82.9 Å². The lowest BCUT2D eigenvalue weighted by Crippen LogP contribution is -2.26. The van der Waals surface area contributed by atoms with E-state index in [0.717, 1.165) is 48.8 Å². The summed E-state index contributed by atoms with van der Waals surface area (Å²) in [5.74, 6) is -0.659. The van der Waals surface area contributed by atoms with Gasteiger partial charge in [-0.3, -0.25) is 4.79 Å². The van der Waals surface area contributed by atoms with Gasteiger partial charge in [-0.05, 0) is 89.0 Å². The molecule has 0 bridgehead atoms. The van der Waals surface area contributed by atoms with Gasteiger partial charge in [0.05, 0.1) is 13.5 Å². The maximum absolute atomic E-state index is 15.6. The number of halogens is 2. The van der Waals surface area contributed by atoms with Crippen LogP contribution >= 0.6 is 0 Å². The Labute approximate surface area is 241 Å². The number of carboxylic acids is 1. The molecule has 0 aromatic heterocycles. The Bertz CT molecular complexity index is 1390. The zero-order valence-corrected chi connectivity index (χ0v) is 24.2. The van der Waals surface area contributed by atoms with E-state index in [2.05, 4.69) is 19.9 Å². The molecule has 4 nitrogen and oxygen atoms in total. The highest BCUT2D eigenvalue weighted by Crippen LogP contribution is 2.50. The van der Waals surface area contributed by atoms with Crippen molar-refractivity contribution in [3.63, 3.8) is 0 Å². The summed E-state index contributed by atoms with van der Waals surface area (Å²) in [5.41, 5.74) is 3.75. The van der Waals surface area contributed by atoms with Crippen LogP contribution in [0.5, 0.6) is 11.5 Å². The van der Waals surface area contributed by atoms with Crippen molar-refractivity contribution in [3.8, 4) is 22.6 Å². The molecule has 5 rings (SSSR count). The minimum atomic E-state index is -0.924. The Morgan fingerprint density at radius 2 is 1.83 bits per heavy atom. The van der Waals surface area contributed by atoms with Gasteiger partial charge in [0.15, 0.2) is 11.6 Å². The normalized spacial score (nSPS) is 19.0. The molecule has 2 aliphatic carbocycles. The van der Waals surface area contributed by atoms with E-state index in [1.807, 2.05) is 12.1 Å². The average molecular weight is 563 g/mol.